The second kappa shape index (κ2) is 9.36. The van der Waals surface area contributed by atoms with Crippen molar-refractivity contribution in [3.63, 3.8) is 0 Å². The normalized spacial score (nSPS) is 11.9. The van der Waals surface area contributed by atoms with Gasteiger partial charge in [-0.05, 0) is 37.6 Å². The van der Waals surface area contributed by atoms with E-state index in [1.165, 1.54) is 26.2 Å². The predicted molar refractivity (Wildman–Crippen MR) is 130 cm³/mol. The lowest BCUT2D eigenvalue weighted by atomic mass is 10.1. The second-order valence-electron chi connectivity index (χ2n) is 8.35. The SMILES string of the molecule is CC(C)n1ncc2c(C(=O)OCc3cccc(S(=O)(=O)N(C)C)c3)cc(-c3ccccc3)nc21. The quantitative estimate of drug-likeness (QED) is 0.368. The summed E-state index contributed by atoms with van der Waals surface area (Å²) in [5.74, 6) is -0.534. The molecule has 0 spiro atoms. The van der Waals surface area contributed by atoms with Crippen molar-refractivity contribution in [1.29, 1.82) is 0 Å². The van der Waals surface area contributed by atoms with Gasteiger partial charge in [0, 0.05) is 25.7 Å². The fourth-order valence-electron chi connectivity index (χ4n) is 3.55. The molecule has 4 rings (SSSR count). The van der Waals surface area contributed by atoms with E-state index in [1.807, 2.05) is 44.2 Å². The topological polar surface area (TPSA) is 94.4 Å². The number of sulfonamides is 1. The van der Waals surface area contributed by atoms with Gasteiger partial charge in [0.2, 0.25) is 10.0 Å². The van der Waals surface area contributed by atoms with Crippen molar-refractivity contribution in [2.24, 2.45) is 0 Å². The third-order valence-electron chi connectivity index (χ3n) is 5.39. The number of esters is 1. The van der Waals surface area contributed by atoms with Crippen LogP contribution >= 0.6 is 0 Å². The van der Waals surface area contributed by atoms with E-state index in [0.29, 0.717) is 27.9 Å². The van der Waals surface area contributed by atoms with Crippen LogP contribution in [0.2, 0.25) is 0 Å². The minimum Gasteiger partial charge on any atom is -0.457 e. The van der Waals surface area contributed by atoms with Gasteiger partial charge in [0.1, 0.15) is 6.61 Å². The van der Waals surface area contributed by atoms with Gasteiger partial charge in [-0.1, -0.05) is 42.5 Å². The molecular weight excluding hydrogens is 452 g/mol. The number of aromatic nitrogens is 3. The van der Waals surface area contributed by atoms with Gasteiger partial charge in [0.15, 0.2) is 5.65 Å². The summed E-state index contributed by atoms with van der Waals surface area (Å²) in [7, 11) is -0.646. The van der Waals surface area contributed by atoms with Crippen molar-refractivity contribution in [3.05, 3.63) is 78.0 Å². The first-order chi connectivity index (χ1) is 16.2. The van der Waals surface area contributed by atoms with Crippen LogP contribution in [0.5, 0.6) is 0 Å². The Labute approximate surface area is 198 Å². The monoisotopic (exact) mass is 478 g/mol. The number of ether oxygens (including phenoxy) is 1. The Morgan fingerprint density at radius 1 is 1.06 bits per heavy atom. The molecule has 0 amide bonds. The Balaban J connectivity index is 1.68. The first-order valence-corrected chi connectivity index (χ1v) is 12.2. The minimum atomic E-state index is -3.59. The summed E-state index contributed by atoms with van der Waals surface area (Å²) in [6, 6.07) is 17.7. The summed E-state index contributed by atoms with van der Waals surface area (Å²) in [6.45, 7) is 3.92. The van der Waals surface area contributed by atoms with Gasteiger partial charge in [-0.2, -0.15) is 5.10 Å². The van der Waals surface area contributed by atoms with Crippen LogP contribution in [0.3, 0.4) is 0 Å². The van der Waals surface area contributed by atoms with Gasteiger partial charge in [0.25, 0.3) is 0 Å². The number of hydrogen-bond donors (Lipinski definition) is 0. The summed E-state index contributed by atoms with van der Waals surface area (Å²) in [6.07, 6.45) is 1.62. The fourth-order valence-corrected chi connectivity index (χ4v) is 4.53. The highest BCUT2D eigenvalue weighted by Gasteiger charge is 2.21. The number of pyridine rings is 1. The van der Waals surface area contributed by atoms with Crippen molar-refractivity contribution >= 4 is 27.0 Å². The Morgan fingerprint density at radius 2 is 1.79 bits per heavy atom. The van der Waals surface area contributed by atoms with E-state index in [0.717, 1.165) is 9.87 Å². The van der Waals surface area contributed by atoms with Crippen molar-refractivity contribution < 1.29 is 17.9 Å². The van der Waals surface area contributed by atoms with Crippen molar-refractivity contribution in [3.8, 4) is 11.3 Å². The highest BCUT2D eigenvalue weighted by molar-refractivity contribution is 7.89. The van der Waals surface area contributed by atoms with Crippen LogP contribution in [0, 0.1) is 0 Å². The van der Waals surface area contributed by atoms with Crippen LogP contribution in [-0.4, -0.2) is 47.6 Å². The molecule has 0 aliphatic heterocycles. The molecule has 8 nitrogen and oxygen atoms in total. The van der Waals surface area contributed by atoms with E-state index in [9.17, 15) is 13.2 Å². The first-order valence-electron chi connectivity index (χ1n) is 10.8. The maximum atomic E-state index is 13.2. The lowest BCUT2D eigenvalue weighted by molar-refractivity contribution is 0.0475. The van der Waals surface area contributed by atoms with Gasteiger partial charge in [0.05, 0.1) is 27.7 Å². The molecule has 0 fully saturated rings. The third kappa shape index (κ3) is 4.57. The number of hydrogen-bond acceptors (Lipinski definition) is 6. The molecule has 34 heavy (non-hydrogen) atoms. The lowest BCUT2D eigenvalue weighted by Crippen LogP contribution is -2.22. The van der Waals surface area contributed by atoms with Crippen molar-refractivity contribution in [2.45, 2.75) is 31.4 Å². The molecule has 0 aliphatic carbocycles. The van der Waals surface area contributed by atoms with Crippen LogP contribution in [-0.2, 0) is 21.4 Å². The molecule has 9 heteroatoms. The average Bonchev–Trinajstić information content (AvgIpc) is 3.27. The van der Waals surface area contributed by atoms with Crippen LogP contribution in [0.1, 0.15) is 35.8 Å². The Morgan fingerprint density at radius 3 is 2.47 bits per heavy atom. The van der Waals surface area contributed by atoms with Gasteiger partial charge in [-0.25, -0.2) is 27.2 Å². The largest absolute Gasteiger partial charge is 0.457 e. The minimum absolute atomic E-state index is 0.0567. The third-order valence-corrected chi connectivity index (χ3v) is 7.20. The molecule has 176 valence electrons. The molecule has 2 aromatic carbocycles. The molecular formula is C25H26N4O4S. The zero-order valence-corrected chi connectivity index (χ0v) is 20.3. The van der Waals surface area contributed by atoms with E-state index in [1.54, 1.807) is 29.1 Å². The lowest BCUT2D eigenvalue weighted by Gasteiger charge is -2.13. The van der Waals surface area contributed by atoms with Crippen molar-refractivity contribution in [2.75, 3.05) is 14.1 Å². The molecule has 0 aliphatic rings. The van der Waals surface area contributed by atoms with Gasteiger partial charge < -0.3 is 4.74 Å². The zero-order valence-electron chi connectivity index (χ0n) is 19.5. The number of fused-ring (bicyclic) bond motifs is 1. The Hall–Kier alpha value is -3.56. The summed E-state index contributed by atoms with van der Waals surface area (Å²) in [5.41, 5.74) is 3.04. The smallest absolute Gasteiger partial charge is 0.339 e. The van der Waals surface area contributed by atoms with Crippen LogP contribution < -0.4 is 0 Å². The number of benzene rings is 2. The van der Waals surface area contributed by atoms with E-state index in [4.69, 9.17) is 9.72 Å². The predicted octanol–water partition coefficient (Wildman–Crippen LogP) is 4.29. The standard InChI is InChI=1S/C25H26N4O4S/c1-17(2)29-24-22(15-26-29)21(14-23(27-24)19-10-6-5-7-11-19)25(30)33-16-18-9-8-12-20(13-18)34(31,32)28(3)4/h5-15,17H,16H2,1-4H3. The second-order valence-corrected chi connectivity index (χ2v) is 10.5. The van der Waals surface area contributed by atoms with Gasteiger partial charge >= 0.3 is 5.97 Å². The van der Waals surface area contributed by atoms with Crippen LogP contribution in [0.15, 0.2) is 71.8 Å². The zero-order chi connectivity index (χ0) is 24.5. The van der Waals surface area contributed by atoms with E-state index < -0.39 is 16.0 Å². The molecule has 4 aromatic rings. The summed E-state index contributed by atoms with van der Waals surface area (Å²) >= 11 is 0. The Kier molecular flexibility index (Phi) is 6.49. The number of rotatable bonds is 7. The molecule has 0 saturated heterocycles. The number of carbonyl (C=O) groups excluding carboxylic acids is 1. The molecule has 2 heterocycles. The van der Waals surface area contributed by atoms with Crippen molar-refractivity contribution in [1.82, 2.24) is 19.1 Å². The molecule has 0 atom stereocenters. The highest BCUT2D eigenvalue weighted by Crippen LogP contribution is 2.27. The summed E-state index contributed by atoms with van der Waals surface area (Å²) < 4.78 is 33.4. The van der Waals surface area contributed by atoms with E-state index in [-0.39, 0.29) is 17.5 Å². The molecule has 2 aromatic heterocycles. The molecule has 0 saturated carbocycles. The molecule has 0 N–H and O–H groups in total. The molecule has 0 unspecified atom stereocenters. The maximum absolute atomic E-state index is 13.2. The van der Waals surface area contributed by atoms with Gasteiger partial charge in [-0.15, -0.1) is 0 Å². The maximum Gasteiger partial charge on any atom is 0.339 e. The summed E-state index contributed by atoms with van der Waals surface area (Å²) in [5, 5.41) is 5.02. The van der Waals surface area contributed by atoms with Gasteiger partial charge in [-0.3, -0.25) is 0 Å². The van der Waals surface area contributed by atoms with Crippen LogP contribution in [0.25, 0.3) is 22.3 Å². The first kappa shape index (κ1) is 23.6. The highest BCUT2D eigenvalue weighted by atomic mass is 32.2. The average molecular weight is 479 g/mol. The fraction of sp³-hybridized carbons (Fsp3) is 0.240. The van der Waals surface area contributed by atoms with E-state index >= 15 is 0 Å². The Bertz CT molecular complexity index is 1440. The van der Waals surface area contributed by atoms with Crippen LogP contribution in [0.4, 0.5) is 0 Å². The number of nitrogens with zero attached hydrogens (tertiary/aromatic N) is 4. The summed E-state index contributed by atoms with van der Waals surface area (Å²) in [4.78, 5) is 18.1. The number of carbonyl (C=O) groups is 1. The molecule has 0 radical (unpaired) electrons. The molecule has 0 bridgehead atoms. The van der Waals surface area contributed by atoms with E-state index in [2.05, 4.69) is 5.10 Å².